The molecule has 0 spiro atoms. The lowest BCUT2D eigenvalue weighted by Crippen LogP contribution is -2.49. The number of aromatic nitrogens is 5. The fourth-order valence-corrected chi connectivity index (χ4v) is 4.26. The van der Waals surface area contributed by atoms with E-state index < -0.39 is 28.5 Å². The molecule has 1 aliphatic carbocycles. The summed E-state index contributed by atoms with van der Waals surface area (Å²) in [5.74, 6) is -0.502. The third kappa shape index (κ3) is 3.60. The van der Waals surface area contributed by atoms with Crippen molar-refractivity contribution in [2.75, 3.05) is 0 Å². The van der Waals surface area contributed by atoms with Crippen LogP contribution in [0.4, 0.5) is 17.6 Å². The predicted octanol–water partition coefficient (Wildman–Crippen LogP) is 3.98. The first kappa shape index (κ1) is 20.8. The zero-order valence-electron chi connectivity index (χ0n) is 16.4. The van der Waals surface area contributed by atoms with E-state index in [1.807, 2.05) is 0 Å². The minimum absolute atomic E-state index is 0.0212. The lowest BCUT2D eigenvalue weighted by Gasteiger charge is -2.36. The van der Waals surface area contributed by atoms with E-state index in [0.29, 0.717) is 6.54 Å². The molecule has 3 aromatic rings. The molecule has 3 heterocycles. The minimum atomic E-state index is -4.60. The quantitative estimate of drug-likeness (QED) is 0.544. The van der Waals surface area contributed by atoms with E-state index in [1.165, 1.54) is 17.0 Å². The highest BCUT2D eigenvalue weighted by Gasteiger charge is 2.44. The van der Waals surface area contributed by atoms with E-state index in [9.17, 15) is 22.4 Å². The number of halogens is 5. The van der Waals surface area contributed by atoms with Crippen molar-refractivity contribution in [3.05, 3.63) is 58.4 Å². The van der Waals surface area contributed by atoms with E-state index in [0.717, 1.165) is 31.3 Å². The molecule has 0 N–H and O–H groups in total. The number of benzene rings is 1. The standard InChI is InChI=1S/C20H15ClF4N6O/c21-15-11(2-1-3-13(15)20(23,24)25)8-30-14(10-4-5-10)9-31-17(28-29-18(31)19(30)32)16-26-6-12(22)7-27-16/h1-3,6-7,10,14H,4-5,8-9H2. The second kappa shape index (κ2) is 7.51. The van der Waals surface area contributed by atoms with Crippen LogP contribution in [0.25, 0.3) is 11.6 Å². The van der Waals surface area contributed by atoms with Crippen molar-refractivity contribution in [1.82, 2.24) is 29.6 Å². The Morgan fingerprint density at radius 3 is 2.44 bits per heavy atom. The first-order chi connectivity index (χ1) is 15.2. The lowest BCUT2D eigenvalue weighted by atomic mass is 10.0. The fourth-order valence-electron chi connectivity index (χ4n) is 3.97. The van der Waals surface area contributed by atoms with Crippen molar-refractivity contribution < 1.29 is 22.4 Å². The number of alkyl halides is 3. The molecular formula is C20H15ClF4N6O. The van der Waals surface area contributed by atoms with E-state index >= 15 is 0 Å². The monoisotopic (exact) mass is 466 g/mol. The summed E-state index contributed by atoms with van der Waals surface area (Å²) in [4.78, 5) is 22.6. The van der Waals surface area contributed by atoms with E-state index in [4.69, 9.17) is 11.6 Å². The van der Waals surface area contributed by atoms with E-state index in [1.54, 1.807) is 4.57 Å². The van der Waals surface area contributed by atoms with Crippen LogP contribution in [0.3, 0.4) is 0 Å². The molecule has 0 bridgehead atoms. The van der Waals surface area contributed by atoms with Gasteiger partial charge in [-0.05, 0) is 30.4 Å². The summed E-state index contributed by atoms with van der Waals surface area (Å²) in [5.41, 5.74) is -0.737. The average molecular weight is 467 g/mol. The van der Waals surface area contributed by atoms with Crippen molar-refractivity contribution in [2.45, 2.75) is 38.1 Å². The number of hydrogen-bond donors (Lipinski definition) is 0. The number of nitrogens with zero attached hydrogens (tertiary/aromatic N) is 6. The normalized spacial score (nSPS) is 18.7. The maximum atomic E-state index is 13.3. The molecule has 1 fully saturated rings. The van der Waals surface area contributed by atoms with Gasteiger partial charge in [-0.15, -0.1) is 10.2 Å². The van der Waals surface area contributed by atoms with Crippen LogP contribution in [0.15, 0.2) is 30.6 Å². The molecule has 1 atom stereocenters. The molecule has 1 unspecified atom stereocenters. The van der Waals surface area contributed by atoms with Gasteiger partial charge in [0.05, 0.1) is 29.0 Å². The molecular weight excluding hydrogens is 452 g/mol. The van der Waals surface area contributed by atoms with Crippen LogP contribution in [0, 0.1) is 11.7 Å². The molecule has 0 radical (unpaired) electrons. The van der Waals surface area contributed by atoms with E-state index in [-0.39, 0.29) is 41.5 Å². The van der Waals surface area contributed by atoms with Gasteiger partial charge in [0.2, 0.25) is 11.6 Å². The van der Waals surface area contributed by atoms with Crippen LogP contribution >= 0.6 is 11.6 Å². The smallest absolute Gasteiger partial charge is 0.326 e. The summed E-state index contributed by atoms with van der Waals surface area (Å²) in [6.45, 7) is 0.239. The topological polar surface area (TPSA) is 76.8 Å². The third-order valence-electron chi connectivity index (χ3n) is 5.68. The van der Waals surface area contributed by atoms with E-state index in [2.05, 4.69) is 20.2 Å². The molecule has 12 heteroatoms. The number of hydrogen-bond acceptors (Lipinski definition) is 5. The lowest BCUT2D eigenvalue weighted by molar-refractivity contribution is -0.137. The summed E-state index contributed by atoms with van der Waals surface area (Å²) in [6, 6.07) is 3.38. The van der Waals surface area contributed by atoms with Crippen molar-refractivity contribution >= 4 is 17.5 Å². The molecule has 1 saturated carbocycles. The summed E-state index contributed by atoms with van der Waals surface area (Å²) in [7, 11) is 0. The molecule has 1 aromatic carbocycles. The Hall–Kier alpha value is -3.08. The number of carbonyl (C=O) groups excluding carboxylic acids is 1. The van der Waals surface area contributed by atoms with Crippen LogP contribution in [-0.4, -0.2) is 41.6 Å². The number of amides is 1. The molecule has 166 valence electrons. The second-order valence-corrected chi connectivity index (χ2v) is 8.17. The fraction of sp³-hybridized carbons (Fsp3) is 0.350. The highest BCUT2D eigenvalue weighted by atomic mass is 35.5. The Bertz CT molecular complexity index is 1190. The largest absolute Gasteiger partial charge is 0.417 e. The summed E-state index contributed by atoms with van der Waals surface area (Å²) < 4.78 is 54.6. The molecule has 2 aromatic heterocycles. The highest BCUT2D eigenvalue weighted by molar-refractivity contribution is 6.32. The molecule has 7 nitrogen and oxygen atoms in total. The molecule has 0 saturated heterocycles. The maximum absolute atomic E-state index is 13.3. The van der Waals surface area contributed by atoms with Crippen LogP contribution in [0.5, 0.6) is 0 Å². The first-order valence-corrected chi connectivity index (χ1v) is 10.2. The van der Waals surface area contributed by atoms with Crippen molar-refractivity contribution in [1.29, 1.82) is 0 Å². The van der Waals surface area contributed by atoms with Gasteiger partial charge in [0.25, 0.3) is 5.91 Å². The summed E-state index contributed by atoms with van der Waals surface area (Å²) in [5, 5.41) is 7.55. The number of fused-ring (bicyclic) bond motifs is 1. The highest BCUT2D eigenvalue weighted by Crippen LogP contribution is 2.41. The maximum Gasteiger partial charge on any atom is 0.417 e. The van der Waals surface area contributed by atoms with Gasteiger partial charge in [0.15, 0.2) is 11.6 Å². The van der Waals surface area contributed by atoms with Crippen LogP contribution in [0.2, 0.25) is 5.02 Å². The van der Waals surface area contributed by atoms with Gasteiger partial charge in [0, 0.05) is 13.1 Å². The average Bonchev–Trinajstić information content (AvgIpc) is 3.50. The molecule has 32 heavy (non-hydrogen) atoms. The van der Waals surface area contributed by atoms with Gasteiger partial charge >= 0.3 is 6.18 Å². The van der Waals surface area contributed by atoms with Crippen LogP contribution < -0.4 is 0 Å². The SMILES string of the molecule is O=C1c2nnc(-c3ncc(F)cn3)n2CC(C2CC2)N1Cc1cccc(C(F)(F)F)c1Cl. The molecule has 1 aliphatic heterocycles. The van der Waals surface area contributed by atoms with Gasteiger partial charge in [-0.1, -0.05) is 23.7 Å². The number of rotatable bonds is 4. The van der Waals surface area contributed by atoms with Gasteiger partial charge in [-0.2, -0.15) is 13.2 Å². The predicted molar refractivity (Wildman–Crippen MR) is 104 cm³/mol. The van der Waals surface area contributed by atoms with Gasteiger partial charge < -0.3 is 4.90 Å². The summed E-state index contributed by atoms with van der Waals surface area (Å²) in [6.07, 6.45) is -0.821. The Labute approximate surface area is 184 Å². The van der Waals surface area contributed by atoms with Crippen LogP contribution in [-0.2, 0) is 19.3 Å². The molecule has 1 amide bonds. The Morgan fingerprint density at radius 2 is 1.78 bits per heavy atom. The van der Waals surface area contributed by atoms with Crippen molar-refractivity contribution in [3.63, 3.8) is 0 Å². The molecule has 5 rings (SSSR count). The van der Waals surface area contributed by atoms with Crippen molar-refractivity contribution in [2.24, 2.45) is 5.92 Å². The zero-order chi connectivity index (χ0) is 22.6. The Kier molecular flexibility index (Phi) is 4.88. The molecule has 2 aliphatic rings. The minimum Gasteiger partial charge on any atom is -0.326 e. The Morgan fingerprint density at radius 1 is 1.09 bits per heavy atom. The Balaban J connectivity index is 1.51. The van der Waals surface area contributed by atoms with Crippen LogP contribution in [0.1, 0.15) is 34.6 Å². The third-order valence-corrected chi connectivity index (χ3v) is 6.13. The first-order valence-electron chi connectivity index (χ1n) is 9.80. The van der Waals surface area contributed by atoms with Crippen molar-refractivity contribution in [3.8, 4) is 11.6 Å². The zero-order valence-corrected chi connectivity index (χ0v) is 17.1. The van der Waals surface area contributed by atoms with Gasteiger partial charge in [-0.25, -0.2) is 14.4 Å². The summed E-state index contributed by atoms with van der Waals surface area (Å²) >= 11 is 6.06. The van der Waals surface area contributed by atoms with Gasteiger partial charge in [0.1, 0.15) is 0 Å². The number of carbonyl (C=O) groups is 1. The second-order valence-electron chi connectivity index (χ2n) is 7.80. The van der Waals surface area contributed by atoms with Gasteiger partial charge in [-0.3, -0.25) is 9.36 Å².